The fraction of sp³-hybridized carbons (Fsp3) is 0.333. The molecule has 148 valence electrons. The Morgan fingerprint density at radius 2 is 1.75 bits per heavy atom. The lowest BCUT2D eigenvalue weighted by molar-refractivity contribution is -0.116. The second-order valence-electron chi connectivity index (χ2n) is 6.47. The van der Waals surface area contributed by atoms with Crippen LogP contribution in [0.3, 0.4) is 0 Å². The first kappa shape index (κ1) is 20.2. The maximum Gasteiger partial charge on any atom is 0.255 e. The number of hydrogen-bond acceptors (Lipinski definition) is 5. The molecule has 28 heavy (non-hydrogen) atoms. The van der Waals surface area contributed by atoms with E-state index in [2.05, 4.69) is 16.0 Å². The molecular formula is C21H25N3O3S. The first-order chi connectivity index (χ1) is 13.6. The Hall–Kier alpha value is -2.51. The van der Waals surface area contributed by atoms with E-state index in [1.807, 2.05) is 30.8 Å². The van der Waals surface area contributed by atoms with Gasteiger partial charge in [-0.2, -0.15) is 11.8 Å². The average molecular weight is 400 g/mol. The summed E-state index contributed by atoms with van der Waals surface area (Å²) in [7, 11) is 0. The van der Waals surface area contributed by atoms with Gasteiger partial charge in [-0.05, 0) is 55.5 Å². The first-order valence-electron chi connectivity index (χ1n) is 9.39. The van der Waals surface area contributed by atoms with Crippen molar-refractivity contribution in [1.29, 1.82) is 0 Å². The standard InChI is InChI=1S/C21H25N3O3S/c1-2-27-19-9-7-17(8-10-19)24-21(26)15-3-5-16(6-4-15)23-20(25)13-18-14-28-12-11-22-18/h3-10,18,22H,2,11-14H2,1H3,(H,23,25)(H,24,26). The van der Waals surface area contributed by atoms with Crippen molar-refractivity contribution < 1.29 is 14.3 Å². The molecule has 0 saturated carbocycles. The van der Waals surface area contributed by atoms with Crippen molar-refractivity contribution in [3.63, 3.8) is 0 Å². The molecule has 0 aliphatic carbocycles. The normalized spacial score (nSPS) is 16.2. The molecule has 6 nitrogen and oxygen atoms in total. The summed E-state index contributed by atoms with van der Waals surface area (Å²) in [4.78, 5) is 24.5. The van der Waals surface area contributed by atoms with Gasteiger partial charge in [-0.3, -0.25) is 9.59 Å². The van der Waals surface area contributed by atoms with Crippen LogP contribution in [-0.4, -0.2) is 42.5 Å². The summed E-state index contributed by atoms with van der Waals surface area (Å²) < 4.78 is 5.39. The Morgan fingerprint density at radius 1 is 1.07 bits per heavy atom. The Balaban J connectivity index is 1.51. The van der Waals surface area contributed by atoms with E-state index in [-0.39, 0.29) is 17.9 Å². The van der Waals surface area contributed by atoms with E-state index in [1.54, 1.807) is 36.4 Å². The smallest absolute Gasteiger partial charge is 0.255 e. The van der Waals surface area contributed by atoms with Gasteiger partial charge >= 0.3 is 0 Å². The van der Waals surface area contributed by atoms with E-state index in [1.165, 1.54) is 0 Å². The molecule has 0 spiro atoms. The zero-order valence-electron chi connectivity index (χ0n) is 15.9. The van der Waals surface area contributed by atoms with Gasteiger partial charge in [0.1, 0.15) is 5.75 Å². The Kier molecular flexibility index (Phi) is 7.33. The molecular weight excluding hydrogens is 374 g/mol. The van der Waals surface area contributed by atoms with Crippen LogP contribution in [0.15, 0.2) is 48.5 Å². The molecule has 2 aromatic carbocycles. The zero-order chi connectivity index (χ0) is 19.8. The Morgan fingerprint density at radius 3 is 2.39 bits per heavy atom. The number of anilines is 2. The summed E-state index contributed by atoms with van der Waals surface area (Å²) in [5, 5.41) is 9.09. The molecule has 0 bridgehead atoms. The van der Waals surface area contributed by atoms with Crippen LogP contribution in [0.5, 0.6) is 5.75 Å². The minimum atomic E-state index is -0.203. The molecule has 2 aromatic rings. The third-order valence-electron chi connectivity index (χ3n) is 4.28. The molecule has 1 aliphatic heterocycles. The largest absolute Gasteiger partial charge is 0.494 e. The van der Waals surface area contributed by atoms with E-state index in [0.717, 1.165) is 23.8 Å². The summed E-state index contributed by atoms with van der Waals surface area (Å²) in [6, 6.07) is 14.3. The van der Waals surface area contributed by atoms with Crippen LogP contribution < -0.4 is 20.7 Å². The van der Waals surface area contributed by atoms with E-state index in [4.69, 9.17) is 4.74 Å². The summed E-state index contributed by atoms with van der Waals surface area (Å²) in [6.45, 7) is 3.47. The van der Waals surface area contributed by atoms with Crippen molar-refractivity contribution >= 4 is 35.0 Å². The van der Waals surface area contributed by atoms with E-state index < -0.39 is 0 Å². The lowest BCUT2D eigenvalue weighted by atomic mass is 10.1. The number of rotatable bonds is 7. The zero-order valence-corrected chi connectivity index (χ0v) is 16.7. The number of amides is 2. The minimum absolute atomic E-state index is 0.0217. The topological polar surface area (TPSA) is 79.5 Å². The highest BCUT2D eigenvalue weighted by atomic mass is 32.2. The Bertz CT molecular complexity index is 788. The quantitative estimate of drug-likeness (QED) is 0.665. The van der Waals surface area contributed by atoms with E-state index >= 15 is 0 Å². The van der Waals surface area contributed by atoms with Crippen LogP contribution in [-0.2, 0) is 4.79 Å². The Labute approximate surface area is 169 Å². The predicted octanol–water partition coefficient (Wildman–Crippen LogP) is 3.37. The van der Waals surface area contributed by atoms with Crippen LogP contribution >= 0.6 is 11.8 Å². The first-order valence-corrected chi connectivity index (χ1v) is 10.5. The van der Waals surface area contributed by atoms with Gasteiger partial charge in [0.15, 0.2) is 0 Å². The number of benzene rings is 2. The maximum atomic E-state index is 12.4. The predicted molar refractivity (Wildman–Crippen MR) is 114 cm³/mol. The van der Waals surface area contributed by atoms with Gasteiger partial charge in [0, 0.05) is 47.5 Å². The number of carbonyl (C=O) groups is 2. The van der Waals surface area contributed by atoms with E-state index in [0.29, 0.717) is 30.0 Å². The van der Waals surface area contributed by atoms with Gasteiger partial charge in [0.25, 0.3) is 5.91 Å². The van der Waals surface area contributed by atoms with Crippen LogP contribution in [0.2, 0.25) is 0 Å². The van der Waals surface area contributed by atoms with Crippen molar-refractivity contribution in [3.05, 3.63) is 54.1 Å². The number of carbonyl (C=O) groups excluding carboxylic acids is 2. The van der Waals surface area contributed by atoms with Crippen molar-refractivity contribution in [1.82, 2.24) is 5.32 Å². The van der Waals surface area contributed by atoms with Crippen LogP contribution in [0.1, 0.15) is 23.7 Å². The minimum Gasteiger partial charge on any atom is -0.494 e. The molecule has 1 atom stereocenters. The molecule has 0 aromatic heterocycles. The highest BCUT2D eigenvalue weighted by Gasteiger charge is 2.16. The molecule has 7 heteroatoms. The molecule has 1 unspecified atom stereocenters. The van der Waals surface area contributed by atoms with Crippen molar-refractivity contribution in [2.45, 2.75) is 19.4 Å². The summed E-state index contributed by atoms with van der Waals surface area (Å²) >= 11 is 1.87. The third kappa shape index (κ3) is 6.00. The molecule has 1 aliphatic rings. The lowest BCUT2D eigenvalue weighted by Gasteiger charge is -2.22. The molecule has 0 radical (unpaired) electrons. The van der Waals surface area contributed by atoms with Crippen molar-refractivity contribution in [2.75, 3.05) is 35.3 Å². The number of thioether (sulfide) groups is 1. The van der Waals surface area contributed by atoms with Gasteiger partial charge in [-0.25, -0.2) is 0 Å². The summed E-state index contributed by atoms with van der Waals surface area (Å²) in [5.41, 5.74) is 1.91. The second-order valence-corrected chi connectivity index (χ2v) is 7.62. The van der Waals surface area contributed by atoms with Crippen molar-refractivity contribution in [2.24, 2.45) is 0 Å². The molecule has 2 amide bonds. The molecule has 1 saturated heterocycles. The van der Waals surface area contributed by atoms with Gasteiger partial charge in [0.05, 0.1) is 6.61 Å². The molecule has 1 fully saturated rings. The fourth-order valence-corrected chi connectivity index (χ4v) is 3.85. The van der Waals surface area contributed by atoms with Gasteiger partial charge in [0.2, 0.25) is 5.91 Å². The highest BCUT2D eigenvalue weighted by molar-refractivity contribution is 7.99. The maximum absolute atomic E-state index is 12.4. The summed E-state index contributed by atoms with van der Waals surface area (Å²) in [6.07, 6.45) is 0.451. The van der Waals surface area contributed by atoms with Crippen molar-refractivity contribution in [3.8, 4) is 5.75 Å². The SMILES string of the molecule is CCOc1ccc(NC(=O)c2ccc(NC(=O)CC3CSCCN3)cc2)cc1. The summed E-state index contributed by atoms with van der Waals surface area (Å²) in [5.74, 6) is 2.59. The average Bonchev–Trinajstić information content (AvgIpc) is 2.71. The highest BCUT2D eigenvalue weighted by Crippen LogP contribution is 2.17. The lowest BCUT2D eigenvalue weighted by Crippen LogP contribution is -2.39. The second kappa shape index (κ2) is 10.1. The molecule has 3 N–H and O–H groups in total. The van der Waals surface area contributed by atoms with Gasteiger partial charge in [-0.15, -0.1) is 0 Å². The number of nitrogens with one attached hydrogen (secondary N) is 3. The van der Waals surface area contributed by atoms with Crippen LogP contribution in [0.25, 0.3) is 0 Å². The van der Waals surface area contributed by atoms with Gasteiger partial charge in [-0.1, -0.05) is 0 Å². The van der Waals surface area contributed by atoms with Gasteiger partial charge < -0.3 is 20.7 Å². The number of hydrogen-bond donors (Lipinski definition) is 3. The number of ether oxygens (including phenoxy) is 1. The van der Waals surface area contributed by atoms with Crippen LogP contribution in [0, 0.1) is 0 Å². The van der Waals surface area contributed by atoms with Crippen LogP contribution in [0.4, 0.5) is 11.4 Å². The molecule has 1 heterocycles. The third-order valence-corrected chi connectivity index (χ3v) is 5.42. The molecule has 3 rings (SSSR count). The fourth-order valence-electron chi connectivity index (χ4n) is 2.90. The van der Waals surface area contributed by atoms with E-state index in [9.17, 15) is 9.59 Å². The monoisotopic (exact) mass is 399 g/mol.